The van der Waals surface area contributed by atoms with Crippen LogP contribution in [0.4, 0.5) is 10.1 Å². The van der Waals surface area contributed by atoms with Crippen molar-refractivity contribution >= 4 is 11.6 Å². The molecule has 0 unspecified atom stereocenters. The summed E-state index contributed by atoms with van der Waals surface area (Å²) in [5.41, 5.74) is 2.45. The largest absolute Gasteiger partial charge is 0.494 e. The van der Waals surface area contributed by atoms with Crippen LogP contribution in [0, 0.1) is 19.7 Å². The maximum absolute atomic E-state index is 14.0. The number of nitrogens with one attached hydrogen (secondary N) is 1. The molecule has 0 saturated heterocycles. The van der Waals surface area contributed by atoms with E-state index in [4.69, 9.17) is 13.9 Å². The van der Waals surface area contributed by atoms with E-state index in [-0.39, 0.29) is 24.7 Å². The first-order valence-corrected chi connectivity index (χ1v) is 11.0. The fourth-order valence-electron chi connectivity index (χ4n) is 3.53. The molecule has 0 aliphatic heterocycles. The van der Waals surface area contributed by atoms with Crippen molar-refractivity contribution in [3.63, 3.8) is 0 Å². The molecule has 0 aliphatic carbocycles. The summed E-state index contributed by atoms with van der Waals surface area (Å²) in [6.45, 7) is 6.59. The van der Waals surface area contributed by atoms with Crippen molar-refractivity contribution in [3.8, 4) is 11.5 Å². The number of carbonyl (C=O) groups excluding carboxylic acids is 1. The number of nitrogens with zero attached hydrogens (tertiary/aromatic N) is 2. The van der Waals surface area contributed by atoms with Crippen molar-refractivity contribution in [2.75, 3.05) is 11.9 Å². The maximum atomic E-state index is 14.0. The lowest BCUT2D eigenvalue weighted by Crippen LogP contribution is -2.12. The third-order valence-corrected chi connectivity index (χ3v) is 5.30. The predicted molar refractivity (Wildman–Crippen MR) is 126 cm³/mol. The van der Waals surface area contributed by atoms with Gasteiger partial charge in [-0.25, -0.2) is 4.39 Å². The van der Waals surface area contributed by atoms with E-state index in [2.05, 4.69) is 10.4 Å². The van der Waals surface area contributed by atoms with Gasteiger partial charge in [0.2, 0.25) is 0 Å². The van der Waals surface area contributed by atoms with Crippen LogP contribution in [0.25, 0.3) is 0 Å². The Morgan fingerprint density at radius 1 is 1.03 bits per heavy atom. The Morgan fingerprint density at radius 3 is 2.44 bits per heavy atom. The molecule has 1 N–H and O–H groups in total. The molecule has 0 radical (unpaired) electrons. The van der Waals surface area contributed by atoms with Gasteiger partial charge in [-0.15, -0.1) is 0 Å². The Balaban J connectivity index is 1.39. The Kier molecular flexibility index (Phi) is 6.96. The highest BCUT2D eigenvalue weighted by molar-refractivity contribution is 6.02. The van der Waals surface area contributed by atoms with E-state index in [1.54, 1.807) is 41.9 Å². The number of ether oxygens (including phenoxy) is 2. The number of furan rings is 1. The van der Waals surface area contributed by atoms with Crippen molar-refractivity contribution in [1.82, 2.24) is 9.78 Å². The average molecular weight is 464 g/mol. The lowest BCUT2D eigenvalue weighted by atomic mass is 10.2. The van der Waals surface area contributed by atoms with E-state index in [1.165, 1.54) is 6.07 Å². The fourth-order valence-corrected chi connectivity index (χ4v) is 3.53. The molecule has 4 aromatic rings. The lowest BCUT2D eigenvalue weighted by Gasteiger charge is -2.07. The molecule has 7 nitrogen and oxygen atoms in total. The van der Waals surface area contributed by atoms with Gasteiger partial charge in [0.05, 0.1) is 30.2 Å². The molecule has 2 aromatic heterocycles. The van der Waals surface area contributed by atoms with Crippen LogP contribution in [-0.2, 0) is 13.2 Å². The first-order valence-electron chi connectivity index (χ1n) is 11.0. The van der Waals surface area contributed by atoms with Gasteiger partial charge in [-0.05, 0) is 63.2 Å². The van der Waals surface area contributed by atoms with Crippen molar-refractivity contribution in [3.05, 3.63) is 95.0 Å². The molecule has 176 valence electrons. The second-order valence-corrected chi connectivity index (χ2v) is 7.71. The Hall–Kier alpha value is -4.07. The lowest BCUT2D eigenvalue weighted by molar-refractivity contribution is 0.0992. The third kappa shape index (κ3) is 5.28. The fraction of sp³-hybridized carbons (Fsp3) is 0.231. The molecule has 0 spiro atoms. The Labute approximate surface area is 197 Å². The van der Waals surface area contributed by atoms with E-state index in [0.29, 0.717) is 35.1 Å². The van der Waals surface area contributed by atoms with Gasteiger partial charge >= 0.3 is 0 Å². The molecule has 0 atom stereocenters. The van der Waals surface area contributed by atoms with Gasteiger partial charge in [-0.3, -0.25) is 9.48 Å². The summed E-state index contributed by atoms with van der Waals surface area (Å²) < 4.78 is 32.5. The van der Waals surface area contributed by atoms with Gasteiger partial charge in [-0.1, -0.05) is 18.2 Å². The van der Waals surface area contributed by atoms with Crippen LogP contribution < -0.4 is 14.8 Å². The quantitative estimate of drug-likeness (QED) is 0.354. The standard InChI is InChI=1S/C26H26FN3O4/c1-4-32-20-9-11-21(12-10-20)33-16-22-13-14-24(34-22)26(31)28-25-17(2)29-30(18(25)3)15-19-7-5-6-8-23(19)27/h5-14H,4,15-16H2,1-3H3,(H,28,31). The zero-order valence-electron chi connectivity index (χ0n) is 19.3. The van der Waals surface area contributed by atoms with E-state index in [1.807, 2.05) is 38.1 Å². The Bertz CT molecular complexity index is 1280. The van der Waals surface area contributed by atoms with Gasteiger partial charge in [0.25, 0.3) is 5.91 Å². The van der Waals surface area contributed by atoms with Gasteiger partial charge in [0.15, 0.2) is 5.76 Å². The minimum absolute atomic E-state index is 0.158. The summed E-state index contributed by atoms with van der Waals surface area (Å²) >= 11 is 0. The summed E-state index contributed by atoms with van der Waals surface area (Å²) in [6.07, 6.45) is 0. The number of halogens is 1. The molecule has 8 heteroatoms. The number of benzene rings is 2. The van der Waals surface area contributed by atoms with E-state index in [0.717, 1.165) is 11.4 Å². The highest BCUT2D eigenvalue weighted by Crippen LogP contribution is 2.23. The summed E-state index contributed by atoms with van der Waals surface area (Å²) in [6, 6.07) is 17.1. The zero-order valence-corrected chi connectivity index (χ0v) is 19.3. The van der Waals surface area contributed by atoms with Crippen molar-refractivity contribution in [1.29, 1.82) is 0 Å². The minimum Gasteiger partial charge on any atom is -0.494 e. The van der Waals surface area contributed by atoms with Crippen LogP contribution in [0.3, 0.4) is 0 Å². The average Bonchev–Trinajstić information content (AvgIpc) is 3.41. The second kappa shape index (κ2) is 10.2. The number of aryl methyl sites for hydroxylation is 1. The summed E-state index contributed by atoms with van der Waals surface area (Å²) in [4.78, 5) is 12.8. The topological polar surface area (TPSA) is 78.5 Å². The monoisotopic (exact) mass is 463 g/mol. The molecule has 0 bridgehead atoms. The summed E-state index contributed by atoms with van der Waals surface area (Å²) in [5, 5.41) is 7.31. The number of aromatic nitrogens is 2. The van der Waals surface area contributed by atoms with E-state index >= 15 is 0 Å². The predicted octanol–water partition coefficient (Wildman–Crippen LogP) is 5.51. The first kappa shape index (κ1) is 23.1. The van der Waals surface area contributed by atoms with Crippen molar-refractivity contribution in [2.24, 2.45) is 0 Å². The second-order valence-electron chi connectivity index (χ2n) is 7.71. The molecular formula is C26H26FN3O4. The summed E-state index contributed by atoms with van der Waals surface area (Å²) in [7, 11) is 0. The van der Waals surface area contributed by atoms with Gasteiger partial charge in [0, 0.05) is 5.56 Å². The number of hydrogen-bond donors (Lipinski definition) is 1. The van der Waals surface area contributed by atoms with Crippen molar-refractivity contribution < 1.29 is 23.1 Å². The molecule has 0 saturated carbocycles. The molecule has 4 rings (SSSR count). The molecule has 0 aliphatic rings. The number of amides is 1. The van der Waals surface area contributed by atoms with Gasteiger partial charge < -0.3 is 19.2 Å². The van der Waals surface area contributed by atoms with Gasteiger partial charge in [0.1, 0.15) is 29.7 Å². The highest BCUT2D eigenvalue weighted by Gasteiger charge is 2.18. The smallest absolute Gasteiger partial charge is 0.291 e. The number of hydrogen-bond acceptors (Lipinski definition) is 5. The summed E-state index contributed by atoms with van der Waals surface area (Å²) in [5.74, 6) is 1.42. The maximum Gasteiger partial charge on any atom is 0.291 e. The molecular weight excluding hydrogens is 437 g/mol. The van der Waals surface area contributed by atoms with Crippen LogP contribution in [-0.4, -0.2) is 22.3 Å². The molecule has 2 aromatic carbocycles. The number of anilines is 1. The van der Waals surface area contributed by atoms with E-state index in [9.17, 15) is 9.18 Å². The SMILES string of the molecule is CCOc1ccc(OCc2ccc(C(=O)Nc3c(C)nn(Cc4ccccc4F)c3C)o2)cc1. The number of carbonyl (C=O) groups is 1. The van der Waals surface area contributed by atoms with E-state index < -0.39 is 5.91 Å². The minimum atomic E-state index is -0.399. The normalized spacial score (nSPS) is 10.8. The first-order chi connectivity index (χ1) is 16.4. The number of rotatable bonds is 9. The molecule has 0 fully saturated rings. The van der Waals surface area contributed by atoms with Crippen molar-refractivity contribution in [2.45, 2.75) is 33.9 Å². The van der Waals surface area contributed by atoms with Crippen LogP contribution >= 0.6 is 0 Å². The molecule has 2 heterocycles. The van der Waals surface area contributed by atoms with Crippen LogP contribution in [0.1, 0.15) is 40.2 Å². The molecule has 1 amide bonds. The van der Waals surface area contributed by atoms with Crippen LogP contribution in [0.15, 0.2) is 65.1 Å². The Morgan fingerprint density at radius 2 is 1.74 bits per heavy atom. The van der Waals surface area contributed by atoms with Crippen LogP contribution in [0.2, 0.25) is 0 Å². The zero-order chi connectivity index (χ0) is 24.1. The molecule has 34 heavy (non-hydrogen) atoms. The van der Waals surface area contributed by atoms with Gasteiger partial charge in [-0.2, -0.15) is 5.10 Å². The third-order valence-electron chi connectivity index (χ3n) is 5.30. The van der Waals surface area contributed by atoms with Crippen LogP contribution in [0.5, 0.6) is 11.5 Å². The highest BCUT2D eigenvalue weighted by atomic mass is 19.1.